The molecule has 0 heterocycles. The van der Waals surface area contributed by atoms with E-state index in [1.165, 1.54) is 231 Å². The summed E-state index contributed by atoms with van der Waals surface area (Å²) in [6.07, 6.45) is 51.4. The van der Waals surface area contributed by atoms with E-state index in [0.29, 0.717) is 137 Å². The van der Waals surface area contributed by atoms with Crippen LogP contribution in [0.4, 0.5) is 0 Å². The fraction of sp³-hybridized carbons (Fsp3) is 0.774. The van der Waals surface area contributed by atoms with E-state index in [-0.39, 0.29) is 17.9 Å². The van der Waals surface area contributed by atoms with Gasteiger partial charge in [-0.3, -0.25) is 9.59 Å². The average molecular weight is 1780 g/mol. The van der Waals surface area contributed by atoms with E-state index in [1.54, 1.807) is 0 Å². The molecule has 13 nitrogen and oxygen atoms in total. The van der Waals surface area contributed by atoms with E-state index in [0.717, 1.165) is 119 Å². The van der Waals surface area contributed by atoms with Crippen LogP contribution in [0.1, 0.15) is 433 Å². The van der Waals surface area contributed by atoms with Crippen LogP contribution in [-0.2, 0) is 9.47 Å². The first kappa shape index (κ1) is 115. The largest absolute Gasteiger partial charge is 0.493 e. The number of benzene rings is 4. The molecule has 2 amide bonds. The van der Waals surface area contributed by atoms with Gasteiger partial charge in [-0.25, -0.2) is 0 Å². The van der Waals surface area contributed by atoms with E-state index in [4.69, 9.17) is 43.6 Å². The summed E-state index contributed by atoms with van der Waals surface area (Å²) < 4.78 is 49.7. The Kier molecular flexibility index (Phi) is 63.8. The minimum atomic E-state index is -0.346. The fourth-order valence-corrected chi connectivity index (χ4v) is 18.1. The topological polar surface area (TPSA) is 158 Å². The van der Waals surface area contributed by atoms with Gasteiger partial charge < -0.3 is 54.3 Å². The normalized spacial score (nSPS) is 15.0. The Labute approximate surface area is 787 Å². The second kappa shape index (κ2) is 71.1. The van der Waals surface area contributed by atoms with Crippen molar-refractivity contribution in [1.29, 1.82) is 0 Å². The van der Waals surface area contributed by atoms with Gasteiger partial charge in [-0.2, -0.15) is 0 Å². The van der Waals surface area contributed by atoms with Crippen LogP contribution in [-0.4, -0.2) is 91.0 Å². The van der Waals surface area contributed by atoms with E-state index in [9.17, 15) is 9.59 Å². The van der Waals surface area contributed by atoms with Gasteiger partial charge in [0.2, 0.25) is 0 Å². The molecule has 0 aliphatic heterocycles. The summed E-state index contributed by atoms with van der Waals surface area (Å²) >= 11 is 0. The first-order valence-corrected chi connectivity index (χ1v) is 53.2. The van der Waals surface area contributed by atoms with Crippen LogP contribution in [0.5, 0.6) is 34.5 Å². The Morgan fingerprint density at radius 2 is 0.414 bits per heavy atom. The lowest BCUT2D eigenvalue weighted by molar-refractivity contribution is 0.0861. The smallest absolute Gasteiger partial charge is 0.251 e. The quantitative estimate of drug-likeness (QED) is 0.0361. The highest BCUT2D eigenvalue weighted by atomic mass is 16.5. The number of nitrogens with one attached hydrogen (secondary N) is 2. The number of nitrogens with two attached hydrogens (primary N) is 1. The van der Waals surface area contributed by atoms with E-state index >= 15 is 0 Å². The van der Waals surface area contributed by atoms with Gasteiger partial charge in [0.25, 0.3) is 11.8 Å². The summed E-state index contributed by atoms with van der Waals surface area (Å²) in [6.45, 7) is 52.8. The molecule has 128 heavy (non-hydrogen) atoms. The molecule has 0 bridgehead atoms. The van der Waals surface area contributed by atoms with Gasteiger partial charge in [0.15, 0.2) is 0 Å². The molecule has 0 saturated carbocycles. The molecule has 12 atom stereocenters. The van der Waals surface area contributed by atoms with Gasteiger partial charge in [-0.15, -0.1) is 0 Å². The van der Waals surface area contributed by atoms with Gasteiger partial charge in [0, 0.05) is 36.3 Å². The van der Waals surface area contributed by atoms with E-state index < -0.39 is 0 Å². The van der Waals surface area contributed by atoms with Crippen molar-refractivity contribution in [3.05, 3.63) is 107 Å². The lowest BCUT2D eigenvalue weighted by Gasteiger charge is -2.17. The van der Waals surface area contributed by atoms with Crippen molar-refractivity contribution in [2.75, 3.05) is 79.2 Å². The predicted octanol–water partition coefficient (Wildman–Crippen LogP) is 31.8. The minimum absolute atomic E-state index is 0.186. The molecule has 0 aliphatic carbocycles. The number of hydrogen-bond donors (Lipinski definition) is 3. The second-order valence-electron chi connectivity index (χ2n) is 43.0. The summed E-state index contributed by atoms with van der Waals surface area (Å²) in [5.74, 6) is 15.6. The molecular weight excluding hydrogens is 1580 g/mol. The summed E-state index contributed by atoms with van der Waals surface area (Å²) in [7, 11) is 0. The van der Waals surface area contributed by atoms with Gasteiger partial charge in [-0.1, -0.05) is 394 Å². The van der Waals surface area contributed by atoms with Crippen molar-refractivity contribution >= 4 is 11.8 Å². The summed E-state index contributed by atoms with van der Waals surface area (Å²) in [4.78, 5) is 27.6. The standard InChI is InChI=1S/C115H199N3O10/c1-87(2)33-21-37-91(9)41-25-45-95(13)49-29-53-99(17)65-71-123-109-81-105(82-110(85-109)124-72-66-100(18)54-30-50-96(14)46-26-42-92(10)38-22-34-88(3)4)114(119)117-69-75-121-77-79-127-107-61-57-103(58-62-107)113(116)104-59-63-108(64-60-104)128-80-78-122-76-70-118-115(120)106-83-111(125-73-67-101(19)55-31-51-97(15)47-27-43-93(11)39-23-35-89(5)6)86-112(84-106)126-74-68-102(20)56-32-52-98(16)48-28-44-94(12)40-24-36-90(7)8/h57-64,81-102,113H,21-56,65-80,116H2,1-20H3,(H,117,119)(H,118,120)/t91-,92-,93-,94-,95-,96-,97-,98-,99?,100?,101?,102?,113?/m1/s1. The van der Waals surface area contributed by atoms with E-state index in [1.807, 2.05) is 84.9 Å². The van der Waals surface area contributed by atoms with Crippen LogP contribution in [0.3, 0.4) is 0 Å². The highest BCUT2D eigenvalue weighted by Gasteiger charge is 2.20. The third-order valence-electron chi connectivity index (χ3n) is 27.4. The Balaban J connectivity index is 1.19. The lowest BCUT2D eigenvalue weighted by Crippen LogP contribution is -2.27. The number of hydrogen-bond acceptors (Lipinski definition) is 11. The fourth-order valence-electron chi connectivity index (χ4n) is 18.1. The molecule has 0 aliphatic rings. The number of ether oxygens (including phenoxy) is 8. The zero-order valence-electron chi connectivity index (χ0n) is 86.3. The van der Waals surface area contributed by atoms with Crippen molar-refractivity contribution in [3.8, 4) is 34.5 Å². The SMILES string of the molecule is CC(C)CCC[C@@H](C)CCC[C@@H](C)CCCC(C)CCOc1cc(OCCC(C)CCC[C@H](C)CCC[C@H](C)CCCC(C)C)cc(C(=O)NCCOCCOc2ccc(C(N)c3ccc(OCCOCCNC(=O)c4cc(OCCC(C)CCC[C@H](C)CCC[C@H](C)CCCC(C)C)cc(OCCC(C)CCC[C@H](C)CCC[C@H](C)CCCC(C)C)c4)cc3)cc2)c1. The molecule has 0 saturated heterocycles. The molecule has 4 N–H and O–H groups in total. The van der Waals surface area contributed by atoms with Crippen molar-refractivity contribution in [2.24, 2.45) is 100 Å². The Bertz CT molecular complexity index is 2990. The van der Waals surface area contributed by atoms with Gasteiger partial charge in [0.1, 0.15) is 47.7 Å². The Hall–Kier alpha value is -5.50. The third-order valence-corrected chi connectivity index (χ3v) is 27.4. The molecule has 0 fully saturated rings. The number of rotatable bonds is 82. The first-order chi connectivity index (χ1) is 61.5. The van der Waals surface area contributed by atoms with Crippen molar-refractivity contribution in [2.45, 2.75) is 401 Å². The van der Waals surface area contributed by atoms with Gasteiger partial charge >= 0.3 is 0 Å². The second-order valence-corrected chi connectivity index (χ2v) is 43.0. The van der Waals surface area contributed by atoms with Crippen LogP contribution in [0.15, 0.2) is 84.9 Å². The van der Waals surface area contributed by atoms with Crippen LogP contribution in [0, 0.1) is 94.7 Å². The highest BCUT2D eigenvalue weighted by Crippen LogP contribution is 2.33. The molecular formula is C115H199N3O10. The van der Waals surface area contributed by atoms with Gasteiger partial charge in [0.05, 0.1) is 58.9 Å². The zero-order chi connectivity index (χ0) is 93.5. The highest BCUT2D eigenvalue weighted by molar-refractivity contribution is 5.95. The molecule has 4 aromatic carbocycles. The van der Waals surface area contributed by atoms with Crippen molar-refractivity contribution in [3.63, 3.8) is 0 Å². The Morgan fingerprint density at radius 1 is 0.227 bits per heavy atom. The molecule has 4 aromatic rings. The van der Waals surface area contributed by atoms with Crippen molar-refractivity contribution in [1.82, 2.24) is 10.6 Å². The maximum Gasteiger partial charge on any atom is 0.251 e. The molecule has 4 rings (SSSR count). The minimum Gasteiger partial charge on any atom is -0.493 e. The van der Waals surface area contributed by atoms with Crippen molar-refractivity contribution < 1.29 is 47.5 Å². The maximum atomic E-state index is 13.8. The van der Waals surface area contributed by atoms with E-state index in [2.05, 4.69) is 149 Å². The van der Waals surface area contributed by atoms with Crippen LogP contribution < -0.4 is 44.8 Å². The van der Waals surface area contributed by atoms with Gasteiger partial charge in [-0.05, 0) is 180 Å². The maximum absolute atomic E-state index is 13.8. The number of carbonyl (C=O) groups is 2. The Morgan fingerprint density at radius 3 is 0.617 bits per heavy atom. The summed E-state index contributed by atoms with van der Waals surface area (Å²) in [6, 6.07) is 26.7. The van der Waals surface area contributed by atoms with Crippen LogP contribution in [0.2, 0.25) is 0 Å². The molecule has 4 unspecified atom stereocenters. The van der Waals surface area contributed by atoms with Crippen LogP contribution >= 0.6 is 0 Å². The average Bonchev–Trinajstić information content (AvgIpc) is 0.857. The molecule has 0 spiro atoms. The zero-order valence-corrected chi connectivity index (χ0v) is 86.3. The summed E-state index contributed by atoms with van der Waals surface area (Å²) in [5, 5.41) is 6.14. The molecule has 0 radical (unpaired) electrons. The molecule has 734 valence electrons. The molecule has 13 heteroatoms. The number of carbonyl (C=O) groups excluding carboxylic acids is 2. The monoisotopic (exact) mass is 1780 g/mol. The summed E-state index contributed by atoms with van der Waals surface area (Å²) in [5.41, 5.74) is 9.74. The predicted molar refractivity (Wildman–Crippen MR) is 545 cm³/mol. The molecule has 0 aromatic heterocycles. The lowest BCUT2D eigenvalue weighted by atomic mass is 9.91. The number of amides is 2. The third kappa shape index (κ3) is 59.2. The van der Waals surface area contributed by atoms with Crippen LogP contribution in [0.25, 0.3) is 0 Å². The first-order valence-electron chi connectivity index (χ1n) is 53.2.